The van der Waals surface area contributed by atoms with Crippen LogP contribution < -0.4 is 15.8 Å². The molecule has 1 atom stereocenters. The second-order valence-corrected chi connectivity index (χ2v) is 7.03. The van der Waals surface area contributed by atoms with Gasteiger partial charge in [-0.15, -0.1) is 0 Å². The average molecular weight is 334 g/mol. The number of halogens is 1. The quantitative estimate of drug-likeness (QED) is 0.711. The SMILES string of the molecule is CCCC(N)CC(=O)Nc1ccc(NS(C)(=O)=O)c(Cl)c1. The van der Waals surface area contributed by atoms with E-state index in [1.807, 2.05) is 6.92 Å². The van der Waals surface area contributed by atoms with Gasteiger partial charge in [0.1, 0.15) is 0 Å². The van der Waals surface area contributed by atoms with Crippen LogP contribution in [0.4, 0.5) is 11.4 Å². The minimum atomic E-state index is -3.40. The zero-order chi connectivity index (χ0) is 16.0. The molecule has 1 rings (SSSR count). The van der Waals surface area contributed by atoms with Gasteiger partial charge in [0.2, 0.25) is 15.9 Å². The van der Waals surface area contributed by atoms with Crippen molar-refractivity contribution >= 4 is 38.9 Å². The van der Waals surface area contributed by atoms with Crippen molar-refractivity contribution in [3.8, 4) is 0 Å². The van der Waals surface area contributed by atoms with Crippen LogP contribution in [-0.4, -0.2) is 26.6 Å². The Morgan fingerprint density at radius 3 is 2.62 bits per heavy atom. The molecule has 0 aliphatic heterocycles. The summed E-state index contributed by atoms with van der Waals surface area (Å²) in [4.78, 5) is 11.8. The molecule has 0 saturated heterocycles. The summed E-state index contributed by atoms with van der Waals surface area (Å²) in [6.07, 6.45) is 2.97. The van der Waals surface area contributed by atoms with Crippen LogP contribution in [0, 0.1) is 0 Å². The van der Waals surface area contributed by atoms with Gasteiger partial charge < -0.3 is 11.1 Å². The standard InChI is InChI=1S/C13H20ClN3O3S/c1-3-4-9(15)7-13(18)16-10-5-6-12(11(14)8-10)17-21(2,19)20/h5-6,8-9,17H,3-4,7,15H2,1-2H3,(H,16,18). The first kappa shape index (κ1) is 17.7. The Bertz CT molecular complexity index is 605. The fraction of sp³-hybridized carbons (Fsp3) is 0.462. The minimum absolute atomic E-state index is 0.170. The Hall–Kier alpha value is -1.31. The van der Waals surface area contributed by atoms with Gasteiger partial charge in [0, 0.05) is 18.2 Å². The summed E-state index contributed by atoms with van der Waals surface area (Å²) in [6.45, 7) is 2.01. The normalized spacial score (nSPS) is 12.8. The summed E-state index contributed by atoms with van der Waals surface area (Å²) < 4.78 is 24.6. The highest BCUT2D eigenvalue weighted by Gasteiger charge is 2.11. The molecule has 0 heterocycles. The summed E-state index contributed by atoms with van der Waals surface area (Å²) in [5.74, 6) is -0.198. The smallest absolute Gasteiger partial charge is 0.229 e. The van der Waals surface area contributed by atoms with Gasteiger partial charge in [-0.1, -0.05) is 24.9 Å². The Kier molecular flexibility index (Phi) is 6.44. The highest BCUT2D eigenvalue weighted by Crippen LogP contribution is 2.26. The largest absolute Gasteiger partial charge is 0.327 e. The molecule has 0 aliphatic rings. The van der Waals surface area contributed by atoms with E-state index in [1.54, 1.807) is 6.07 Å². The van der Waals surface area contributed by atoms with Gasteiger partial charge in [0.15, 0.2) is 0 Å². The summed E-state index contributed by atoms with van der Waals surface area (Å²) in [5, 5.41) is 2.89. The highest BCUT2D eigenvalue weighted by molar-refractivity contribution is 7.92. The van der Waals surface area contributed by atoms with Gasteiger partial charge in [-0.05, 0) is 24.6 Å². The van der Waals surface area contributed by atoms with Gasteiger partial charge in [0.25, 0.3) is 0 Å². The molecule has 1 aromatic rings. The molecule has 1 amide bonds. The van der Waals surface area contributed by atoms with Gasteiger partial charge in [0.05, 0.1) is 17.0 Å². The summed E-state index contributed by atoms with van der Waals surface area (Å²) in [7, 11) is -3.40. The van der Waals surface area contributed by atoms with Crippen molar-refractivity contribution < 1.29 is 13.2 Å². The lowest BCUT2D eigenvalue weighted by atomic mass is 10.1. The number of rotatable bonds is 7. The van der Waals surface area contributed by atoms with Crippen LogP contribution in [0.2, 0.25) is 5.02 Å². The van der Waals surface area contributed by atoms with Gasteiger partial charge in [-0.2, -0.15) is 0 Å². The zero-order valence-electron chi connectivity index (χ0n) is 12.0. The number of benzene rings is 1. The molecule has 118 valence electrons. The van der Waals surface area contributed by atoms with Crippen molar-refractivity contribution in [2.24, 2.45) is 5.73 Å². The number of carbonyl (C=O) groups excluding carboxylic acids is 1. The fourth-order valence-electron chi connectivity index (χ4n) is 1.80. The maximum absolute atomic E-state index is 11.8. The third kappa shape index (κ3) is 6.79. The van der Waals surface area contributed by atoms with E-state index in [0.29, 0.717) is 5.69 Å². The maximum Gasteiger partial charge on any atom is 0.229 e. The molecule has 0 aliphatic carbocycles. The molecule has 0 bridgehead atoms. The second kappa shape index (κ2) is 7.63. The first-order valence-electron chi connectivity index (χ1n) is 6.54. The fourth-order valence-corrected chi connectivity index (χ4v) is 2.66. The zero-order valence-corrected chi connectivity index (χ0v) is 13.6. The number of carbonyl (C=O) groups is 1. The molecular formula is C13H20ClN3O3S. The van der Waals surface area contributed by atoms with E-state index in [2.05, 4.69) is 10.0 Å². The number of anilines is 2. The molecule has 1 unspecified atom stereocenters. The number of amides is 1. The lowest BCUT2D eigenvalue weighted by molar-refractivity contribution is -0.116. The Balaban J connectivity index is 2.69. The molecule has 21 heavy (non-hydrogen) atoms. The Morgan fingerprint density at radius 1 is 1.43 bits per heavy atom. The van der Waals surface area contributed by atoms with Crippen molar-refractivity contribution in [2.45, 2.75) is 32.2 Å². The maximum atomic E-state index is 11.8. The molecule has 1 aromatic carbocycles. The lowest BCUT2D eigenvalue weighted by Crippen LogP contribution is -2.26. The van der Waals surface area contributed by atoms with Gasteiger partial charge in [-0.3, -0.25) is 9.52 Å². The predicted molar refractivity (Wildman–Crippen MR) is 86.0 cm³/mol. The number of nitrogens with two attached hydrogens (primary N) is 1. The molecule has 0 spiro atoms. The van der Waals surface area contributed by atoms with Crippen molar-refractivity contribution in [3.63, 3.8) is 0 Å². The van der Waals surface area contributed by atoms with E-state index >= 15 is 0 Å². The van der Waals surface area contributed by atoms with Crippen molar-refractivity contribution in [1.29, 1.82) is 0 Å². The molecule has 0 saturated carbocycles. The van der Waals surface area contributed by atoms with Crippen LogP contribution in [0.15, 0.2) is 18.2 Å². The van der Waals surface area contributed by atoms with Crippen LogP contribution in [0.5, 0.6) is 0 Å². The Morgan fingerprint density at radius 2 is 2.10 bits per heavy atom. The summed E-state index contributed by atoms with van der Waals surface area (Å²) in [5.41, 5.74) is 6.56. The van der Waals surface area contributed by atoms with Crippen molar-refractivity contribution in [3.05, 3.63) is 23.2 Å². The van der Waals surface area contributed by atoms with Crippen LogP contribution in [-0.2, 0) is 14.8 Å². The van der Waals surface area contributed by atoms with E-state index in [4.69, 9.17) is 17.3 Å². The van der Waals surface area contributed by atoms with E-state index in [9.17, 15) is 13.2 Å². The van der Waals surface area contributed by atoms with E-state index in [-0.39, 0.29) is 29.1 Å². The van der Waals surface area contributed by atoms with Gasteiger partial charge >= 0.3 is 0 Å². The predicted octanol–water partition coefficient (Wildman–Crippen LogP) is 2.17. The van der Waals surface area contributed by atoms with Gasteiger partial charge in [-0.25, -0.2) is 8.42 Å². The second-order valence-electron chi connectivity index (χ2n) is 4.87. The van der Waals surface area contributed by atoms with Crippen LogP contribution >= 0.6 is 11.6 Å². The van der Waals surface area contributed by atoms with Crippen LogP contribution in [0.1, 0.15) is 26.2 Å². The molecule has 6 nitrogen and oxygen atoms in total. The van der Waals surface area contributed by atoms with Crippen LogP contribution in [0.25, 0.3) is 0 Å². The van der Waals surface area contributed by atoms with E-state index in [1.165, 1.54) is 12.1 Å². The molecule has 8 heteroatoms. The molecule has 0 aromatic heterocycles. The molecular weight excluding hydrogens is 314 g/mol. The summed E-state index contributed by atoms with van der Waals surface area (Å²) in [6, 6.07) is 4.38. The molecule has 0 fully saturated rings. The molecule has 4 N–H and O–H groups in total. The Labute approximate surface area is 130 Å². The number of nitrogens with one attached hydrogen (secondary N) is 2. The average Bonchev–Trinajstić information content (AvgIpc) is 2.31. The number of sulfonamides is 1. The van der Waals surface area contributed by atoms with Crippen LogP contribution in [0.3, 0.4) is 0 Å². The first-order valence-corrected chi connectivity index (χ1v) is 8.81. The lowest BCUT2D eigenvalue weighted by Gasteiger charge is -2.12. The number of hydrogen-bond donors (Lipinski definition) is 3. The number of hydrogen-bond acceptors (Lipinski definition) is 4. The monoisotopic (exact) mass is 333 g/mol. The highest BCUT2D eigenvalue weighted by atomic mass is 35.5. The molecule has 0 radical (unpaired) electrons. The topological polar surface area (TPSA) is 101 Å². The van der Waals surface area contributed by atoms with Crippen molar-refractivity contribution in [2.75, 3.05) is 16.3 Å². The third-order valence-electron chi connectivity index (χ3n) is 2.66. The third-order valence-corrected chi connectivity index (χ3v) is 3.56. The van der Waals surface area contributed by atoms with E-state index < -0.39 is 10.0 Å². The van der Waals surface area contributed by atoms with E-state index in [0.717, 1.165) is 19.1 Å². The first-order chi connectivity index (χ1) is 9.71. The summed E-state index contributed by atoms with van der Waals surface area (Å²) >= 11 is 5.97. The van der Waals surface area contributed by atoms with Crippen molar-refractivity contribution in [1.82, 2.24) is 0 Å². The minimum Gasteiger partial charge on any atom is -0.327 e.